The lowest BCUT2D eigenvalue weighted by Crippen LogP contribution is -2.28. The Morgan fingerprint density at radius 1 is 1.03 bits per heavy atom. The standard InChI is InChI=1S/C27H31NO3/c1-2-30-27(29)19-31-25-11-6-10-22(18-25)23-13-14-24(17-23)28-16-15-21-9-5-8-20-7-3-4-12-26(20)21/h3-12,18,23-24,28H,2,13-17,19H2,1H3. The van der Waals surface area contributed by atoms with Crippen LogP contribution < -0.4 is 10.1 Å². The summed E-state index contributed by atoms with van der Waals surface area (Å²) in [6.07, 6.45) is 4.54. The van der Waals surface area contributed by atoms with Crippen LogP contribution >= 0.6 is 0 Å². The summed E-state index contributed by atoms with van der Waals surface area (Å²) in [6, 6.07) is 23.9. The Kier molecular flexibility index (Phi) is 7.21. The average molecular weight is 418 g/mol. The van der Waals surface area contributed by atoms with Gasteiger partial charge in [0.25, 0.3) is 0 Å². The number of fused-ring (bicyclic) bond motifs is 1. The monoisotopic (exact) mass is 417 g/mol. The van der Waals surface area contributed by atoms with Crippen molar-refractivity contribution in [2.45, 2.75) is 44.6 Å². The topological polar surface area (TPSA) is 47.6 Å². The summed E-state index contributed by atoms with van der Waals surface area (Å²) in [4.78, 5) is 11.5. The molecule has 1 aliphatic rings. The quantitative estimate of drug-likeness (QED) is 0.483. The van der Waals surface area contributed by atoms with Gasteiger partial charge in [0.2, 0.25) is 0 Å². The molecule has 3 aromatic rings. The van der Waals surface area contributed by atoms with Gasteiger partial charge in [0.15, 0.2) is 6.61 Å². The highest BCUT2D eigenvalue weighted by atomic mass is 16.6. The lowest BCUT2D eigenvalue weighted by atomic mass is 9.97. The van der Waals surface area contributed by atoms with Gasteiger partial charge in [-0.2, -0.15) is 0 Å². The Balaban J connectivity index is 1.27. The van der Waals surface area contributed by atoms with Gasteiger partial charge in [-0.05, 0) is 79.1 Å². The van der Waals surface area contributed by atoms with E-state index in [2.05, 4.69) is 59.9 Å². The van der Waals surface area contributed by atoms with Crippen molar-refractivity contribution in [2.24, 2.45) is 0 Å². The summed E-state index contributed by atoms with van der Waals surface area (Å²) in [5.41, 5.74) is 2.70. The fourth-order valence-electron chi connectivity index (χ4n) is 4.59. The number of benzene rings is 3. The predicted molar refractivity (Wildman–Crippen MR) is 125 cm³/mol. The molecule has 0 bridgehead atoms. The predicted octanol–water partition coefficient (Wildman–Crippen LogP) is 5.25. The van der Waals surface area contributed by atoms with Crippen LogP contribution in [0.5, 0.6) is 5.75 Å². The lowest BCUT2D eigenvalue weighted by molar-refractivity contribution is -0.145. The molecule has 0 spiro atoms. The summed E-state index contributed by atoms with van der Waals surface area (Å²) < 4.78 is 10.5. The first-order chi connectivity index (χ1) is 15.2. The summed E-state index contributed by atoms with van der Waals surface area (Å²) in [6.45, 7) is 3.12. The van der Waals surface area contributed by atoms with Crippen LogP contribution in [0.2, 0.25) is 0 Å². The molecule has 0 heterocycles. The molecule has 0 aliphatic heterocycles. The van der Waals surface area contributed by atoms with E-state index in [0.29, 0.717) is 18.6 Å². The average Bonchev–Trinajstić information content (AvgIpc) is 3.27. The third-order valence-electron chi connectivity index (χ3n) is 6.13. The second-order valence-corrected chi connectivity index (χ2v) is 8.22. The van der Waals surface area contributed by atoms with Gasteiger partial charge >= 0.3 is 5.97 Å². The molecule has 1 saturated carbocycles. The first-order valence-electron chi connectivity index (χ1n) is 11.3. The Morgan fingerprint density at radius 2 is 1.87 bits per heavy atom. The molecule has 31 heavy (non-hydrogen) atoms. The normalized spacial score (nSPS) is 18.2. The van der Waals surface area contributed by atoms with Crippen molar-refractivity contribution in [3.05, 3.63) is 77.9 Å². The Labute approximate surface area is 184 Å². The van der Waals surface area contributed by atoms with Crippen LogP contribution in [0, 0.1) is 0 Å². The molecule has 0 aromatic heterocycles. The van der Waals surface area contributed by atoms with E-state index in [4.69, 9.17) is 9.47 Å². The van der Waals surface area contributed by atoms with Crippen molar-refractivity contribution in [3.8, 4) is 5.75 Å². The van der Waals surface area contributed by atoms with Gasteiger partial charge in [0.1, 0.15) is 5.75 Å². The van der Waals surface area contributed by atoms with Crippen molar-refractivity contribution in [3.63, 3.8) is 0 Å². The minimum Gasteiger partial charge on any atom is -0.482 e. The zero-order valence-corrected chi connectivity index (χ0v) is 18.2. The van der Waals surface area contributed by atoms with Crippen molar-refractivity contribution in [2.75, 3.05) is 19.8 Å². The molecule has 0 radical (unpaired) electrons. The fraction of sp³-hybridized carbons (Fsp3) is 0.370. The fourth-order valence-corrected chi connectivity index (χ4v) is 4.59. The lowest BCUT2D eigenvalue weighted by Gasteiger charge is -2.15. The van der Waals surface area contributed by atoms with Crippen LogP contribution in [-0.2, 0) is 16.0 Å². The van der Waals surface area contributed by atoms with Gasteiger partial charge in [-0.1, -0.05) is 54.6 Å². The van der Waals surface area contributed by atoms with E-state index < -0.39 is 0 Å². The van der Waals surface area contributed by atoms with Crippen LogP contribution in [0.15, 0.2) is 66.7 Å². The van der Waals surface area contributed by atoms with Crippen LogP contribution in [0.4, 0.5) is 0 Å². The summed E-state index contributed by atoms with van der Waals surface area (Å²) in [5, 5.41) is 6.44. The molecule has 1 fully saturated rings. The molecule has 1 N–H and O–H groups in total. The van der Waals surface area contributed by atoms with Crippen molar-refractivity contribution >= 4 is 16.7 Å². The number of rotatable bonds is 9. The zero-order valence-electron chi connectivity index (χ0n) is 18.2. The SMILES string of the molecule is CCOC(=O)COc1cccc(C2CCC(NCCc3cccc4ccccc34)C2)c1. The molecule has 4 nitrogen and oxygen atoms in total. The third-order valence-corrected chi connectivity index (χ3v) is 6.13. The Hall–Kier alpha value is -2.85. The highest BCUT2D eigenvalue weighted by molar-refractivity contribution is 5.85. The first-order valence-corrected chi connectivity index (χ1v) is 11.3. The van der Waals surface area contributed by atoms with Gasteiger partial charge in [0.05, 0.1) is 6.61 Å². The minimum atomic E-state index is -0.329. The molecule has 3 aromatic carbocycles. The minimum absolute atomic E-state index is 0.0414. The molecule has 4 heteroatoms. The Morgan fingerprint density at radius 3 is 2.77 bits per heavy atom. The number of hydrogen-bond acceptors (Lipinski definition) is 4. The smallest absolute Gasteiger partial charge is 0.344 e. The highest BCUT2D eigenvalue weighted by Gasteiger charge is 2.25. The molecule has 162 valence electrons. The molecular formula is C27H31NO3. The van der Waals surface area contributed by atoms with E-state index in [9.17, 15) is 4.79 Å². The number of esters is 1. The number of hydrogen-bond donors (Lipinski definition) is 1. The molecule has 0 amide bonds. The molecule has 1 aliphatic carbocycles. The molecule has 2 unspecified atom stereocenters. The number of carbonyl (C=O) groups is 1. The maximum absolute atomic E-state index is 11.5. The second kappa shape index (κ2) is 10.5. The van der Waals surface area contributed by atoms with E-state index in [1.807, 2.05) is 12.1 Å². The van der Waals surface area contributed by atoms with Crippen molar-refractivity contribution in [1.29, 1.82) is 0 Å². The van der Waals surface area contributed by atoms with Gasteiger partial charge in [-0.25, -0.2) is 4.79 Å². The van der Waals surface area contributed by atoms with E-state index in [1.54, 1.807) is 6.92 Å². The highest BCUT2D eigenvalue weighted by Crippen LogP contribution is 2.35. The van der Waals surface area contributed by atoms with Crippen LogP contribution in [-0.4, -0.2) is 31.8 Å². The van der Waals surface area contributed by atoms with Gasteiger partial charge in [-0.15, -0.1) is 0 Å². The number of nitrogens with one attached hydrogen (secondary N) is 1. The summed E-state index contributed by atoms with van der Waals surface area (Å²) >= 11 is 0. The van der Waals surface area contributed by atoms with Crippen molar-refractivity contribution in [1.82, 2.24) is 5.32 Å². The van der Waals surface area contributed by atoms with Gasteiger partial charge in [0, 0.05) is 6.04 Å². The molecular weight excluding hydrogens is 386 g/mol. The maximum Gasteiger partial charge on any atom is 0.344 e. The van der Waals surface area contributed by atoms with Crippen LogP contribution in [0.25, 0.3) is 10.8 Å². The van der Waals surface area contributed by atoms with E-state index in [-0.39, 0.29) is 12.6 Å². The zero-order chi connectivity index (χ0) is 21.5. The van der Waals surface area contributed by atoms with E-state index in [1.165, 1.54) is 34.7 Å². The maximum atomic E-state index is 11.5. The van der Waals surface area contributed by atoms with Crippen LogP contribution in [0.3, 0.4) is 0 Å². The molecule has 4 rings (SSSR count). The van der Waals surface area contributed by atoms with Crippen molar-refractivity contribution < 1.29 is 14.3 Å². The van der Waals surface area contributed by atoms with Crippen LogP contribution in [0.1, 0.15) is 43.2 Å². The second-order valence-electron chi connectivity index (χ2n) is 8.22. The summed E-state index contributed by atoms with van der Waals surface area (Å²) in [7, 11) is 0. The number of ether oxygens (including phenoxy) is 2. The van der Waals surface area contributed by atoms with Gasteiger partial charge < -0.3 is 14.8 Å². The summed E-state index contributed by atoms with van der Waals surface area (Å²) in [5.74, 6) is 0.934. The molecule has 2 atom stereocenters. The number of carbonyl (C=O) groups excluding carboxylic acids is 1. The Bertz CT molecular complexity index is 1010. The third kappa shape index (κ3) is 5.65. The van der Waals surface area contributed by atoms with E-state index in [0.717, 1.165) is 25.1 Å². The molecule has 0 saturated heterocycles. The first kappa shape index (κ1) is 21.4. The largest absolute Gasteiger partial charge is 0.482 e. The van der Waals surface area contributed by atoms with E-state index >= 15 is 0 Å². The van der Waals surface area contributed by atoms with Gasteiger partial charge in [-0.3, -0.25) is 0 Å².